The van der Waals surface area contributed by atoms with Crippen molar-refractivity contribution in [2.24, 2.45) is 0 Å². The summed E-state index contributed by atoms with van der Waals surface area (Å²) in [7, 11) is -3.74. The van der Waals surface area contributed by atoms with Gasteiger partial charge in [-0.1, -0.05) is 29.4 Å². The summed E-state index contributed by atoms with van der Waals surface area (Å²) >= 11 is 0. The molecule has 0 saturated carbocycles. The standard InChI is InChI=1S/C18H20N4O5S/c1-18(17(23)21-24,28(2,25)26)8-10-22-12-15(11-19-22)13-3-5-14(6-4-13)16-7-9-20-27-16/h3-7,9,11-12,24H,8,10H2,1-2H3,(H,21,23). The zero-order valence-electron chi connectivity index (χ0n) is 15.4. The van der Waals surface area contributed by atoms with E-state index in [9.17, 15) is 13.2 Å². The van der Waals surface area contributed by atoms with Crippen molar-refractivity contribution in [3.63, 3.8) is 0 Å². The fourth-order valence-electron chi connectivity index (χ4n) is 2.74. The summed E-state index contributed by atoms with van der Waals surface area (Å²) in [5.74, 6) is -0.296. The lowest BCUT2D eigenvalue weighted by atomic mass is 10.1. The Kier molecular flexibility index (Phi) is 5.34. The van der Waals surface area contributed by atoms with Gasteiger partial charge < -0.3 is 4.52 Å². The van der Waals surface area contributed by atoms with Gasteiger partial charge >= 0.3 is 0 Å². The number of rotatable bonds is 7. The molecule has 0 spiro atoms. The second-order valence-electron chi connectivity index (χ2n) is 6.64. The lowest BCUT2D eigenvalue weighted by molar-refractivity contribution is -0.131. The number of aromatic nitrogens is 3. The molecular formula is C18H20N4O5S. The molecule has 0 aliphatic carbocycles. The van der Waals surface area contributed by atoms with Gasteiger partial charge in [0.25, 0.3) is 5.91 Å². The quantitative estimate of drug-likeness (QED) is 0.455. The molecule has 2 N–H and O–H groups in total. The second-order valence-corrected chi connectivity index (χ2v) is 9.09. The number of nitrogens with one attached hydrogen (secondary N) is 1. The van der Waals surface area contributed by atoms with Crippen molar-refractivity contribution in [1.29, 1.82) is 0 Å². The monoisotopic (exact) mass is 404 g/mol. The summed E-state index contributed by atoms with van der Waals surface area (Å²) in [6, 6.07) is 9.41. The summed E-state index contributed by atoms with van der Waals surface area (Å²) in [5, 5.41) is 16.8. The molecule has 148 valence electrons. The molecule has 1 atom stereocenters. The highest BCUT2D eigenvalue weighted by molar-refractivity contribution is 7.92. The minimum Gasteiger partial charge on any atom is -0.356 e. The van der Waals surface area contributed by atoms with Crippen LogP contribution in [0.5, 0.6) is 0 Å². The minimum absolute atomic E-state index is 0.0379. The highest BCUT2D eigenvalue weighted by atomic mass is 32.2. The maximum absolute atomic E-state index is 12.0. The number of nitrogens with zero attached hydrogens (tertiary/aromatic N) is 3. The fourth-order valence-corrected chi connectivity index (χ4v) is 3.58. The SMILES string of the molecule is CC(CCn1cc(-c2ccc(-c3ccno3)cc2)cn1)(C(=O)NO)S(C)(=O)=O. The van der Waals surface area contributed by atoms with Crippen LogP contribution in [0.2, 0.25) is 0 Å². The topological polar surface area (TPSA) is 127 Å². The van der Waals surface area contributed by atoms with E-state index >= 15 is 0 Å². The number of carbonyl (C=O) groups is 1. The van der Waals surface area contributed by atoms with Crippen LogP contribution in [0.4, 0.5) is 0 Å². The van der Waals surface area contributed by atoms with Crippen molar-refractivity contribution in [3.05, 3.63) is 48.9 Å². The number of hydroxylamine groups is 1. The van der Waals surface area contributed by atoms with E-state index in [0.29, 0.717) is 5.76 Å². The van der Waals surface area contributed by atoms with Crippen LogP contribution < -0.4 is 5.48 Å². The number of benzene rings is 1. The predicted octanol–water partition coefficient (Wildman–Crippen LogP) is 1.90. The Bertz CT molecular complexity index is 1060. The normalized spacial score (nSPS) is 13.8. The van der Waals surface area contributed by atoms with E-state index in [1.165, 1.54) is 12.4 Å². The van der Waals surface area contributed by atoms with Crippen molar-refractivity contribution in [2.75, 3.05) is 6.26 Å². The molecule has 3 rings (SSSR count). The third-order valence-electron chi connectivity index (χ3n) is 4.79. The maximum atomic E-state index is 12.0. The number of hydrogen-bond donors (Lipinski definition) is 2. The summed E-state index contributed by atoms with van der Waals surface area (Å²) in [6.07, 6.45) is 5.93. The first-order chi connectivity index (χ1) is 13.2. The molecule has 2 heterocycles. The number of sulfone groups is 1. The third kappa shape index (κ3) is 3.82. The highest BCUT2D eigenvalue weighted by Gasteiger charge is 2.43. The van der Waals surface area contributed by atoms with Gasteiger partial charge in [-0.05, 0) is 18.9 Å². The average molecular weight is 404 g/mol. The van der Waals surface area contributed by atoms with Gasteiger partial charge in [0.15, 0.2) is 20.3 Å². The summed E-state index contributed by atoms with van der Waals surface area (Å²) in [5.41, 5.74) is 4.10. The first-order valence-electron chi connectivity index (χ1n) is 8.43. The molecule has 0 bridgehead atoms. The number of amides is 1. The smallest absolute Gasteiger partial charge is 0.264 e. The molecule has 2 aromatic heterocycles. The van der Waals surface area contributed by atoms with Crippen LogP contribution in [-0.4, -0.2) is 45.5 Å². The fraction of sp³-hybridized carbons (Fsp3) is 0.278. The molecule has 9 nitrogen and oxygen atoms in total. The van der Waals surface area contributed by atoms with Gasteiger partial charge in [-0.15, -0.1) is 0 Å². The van der Waals surface area contributed by atoms with Crippen LogP contribution in [0.15, 0.2) is 53.4 Å². The Labute approximate surface area is 161 Å². The molecule has 10 heteroatoms. The zero-order valence-corrected chi connectivity index (χ0v) is 16.2. The van der Waals surface area contributed by atoms with Gasteiger partial charge in [0.1, 0.15) is 0 Å². The van der Waals surface area contributed by atoms with Crippen LogP contribution in [0.25, 0.3) is 22.5 Å². The molecule has 3 aromatic rings. The van der Waals surface area contributed by atoms with Gasteiger partial charge in [0.05, 0.1) is 12.4 Å². The van der Waals surface area contributed by atoms with E-state index in [1.807, 2.05) is 24.3 Å². The van der Waals surface area contributed by atoms with E-state index in [2.05, 4.69) is 10.3 Å². The Morgan fingerprint density at radius 1 is 1.21 bits per heavy atom. The zero-order chi connectivity index (χ0) is 20.4. The molecular weight excluding hydrogens is 384 g/mol. The maximum Gasteiger partial charge on any atom is 0.264 e. The summed E-state index contributed by atoms with van der Waals surface area (Å²) in [6.45, 7) is 1.47. The molecule has 1 unspecified atom stereocenters. The average Bonchev–Trinajstić information content (AvgIpc) is 3.36. The molecule has 0 saturated heterocycles. The Morgan fingerprint density at radius 3 is 2.46 bits per heavy atom. The molecule has 0 aliphatic rings. The van der Waals surface area contributed by atoms with E-state index < -0.39 is 20.5 Å². The Balaban J connectivity index is 1.74. The van der Waals surface area contributed by atoms with Crippen LogP contribution in [0.1, 0.15) is 13.3 Å². The predicted molar refractivity (Wildman–Crippen MR) is 101 cm³/mol. The number of carbonyl (C=O) groups excluding carboxylic acids is 1. The summed E-state index contributed by atoms with van der Waals surface area (Å²) in [4.78, 5) is 11.9. The van der Waals surface area contributed by atoms with Crippen LogP contribution in [0, 0.1) is 0 Å². The molecule has 0 fully saturated rings. The van der Waals surface area contributed by atoms with Gasteiger partial charge in [0.2, 0.25) is 0 Å². The van der Waals surface area contributed by atoms with Gasteiger partial charge in [-0.3, -0.25) is 14.7 Å². The van der Waals surface area contributed by atoms with E-state index in [0.717, 1.165) is 22.9 Å². The molecule has 1 amide bonds. The van der Waals surface area contributed by atoms with Crippen molar-refractivity contribution >= 4 is 15.7 Å². The first-order valence-corrected chi connectivity index (χ1v) is 10.3. The third-order valence-corrected chi connectivity index (χ3v) is 6.82. The first kappa shape index (κ1) is 19.8. The minimum atomic E-state index is -3.74. The highest BCUT2D eigenvalue weighted by Crippen LogP contribution is 2.25. The number of aryl methyl sites for hydroxylation is 1. The summed E-state index contributed by atoms with van der Waals surface area (Å²) < 4.78 is 29.0. The molecule has 28 heavy (non-hydrogen) atoms. The Hall–Kier alpha value is -2.98. The number of hydrogen-bond acceptors (Lipinski definition) is 7. The van der Waals surface area contributed by atoms with Crippen molar-refractivity contribution in [3.8, 4) is 22.5 Å². The van der Waals surface area contributed by atoms with Crippen LogP contribution in [-0.2, 0) is 21.2 Å². The lowest BCUT2D eigenvalue weighted by Gasteiger charge is -2.24. The molecule has 1 aromatic carbocycles. The van der Waals surface area contributed by atoms with Gasteiger partial charge in [-0.25, -0.2) is 13.9 Å². The molecule has 0 aliphatic heterocycles. The van der Waals surface area contributed by atoms with Gasteiger partial charge in [-0.2, -0.15) is 5.10 Å². The molecule has 0 radical (unpaired) electrons. The van der Waals surface area contributed by atoms with Crippen molar-refractivity contribution in [1.82, 2.24) is 20.4 Å². The van der Waals surface area contributed by atoms with Crippen LogP contribution in [0.3, 0.4) is 0 Å². The van der Waals surface area contributed by atoms with E-state index in [-0.39, 0.29) is 13.0 Å². The second kappa shape index (κ2) is 7.56. The van der Waals surface area contributed by atoms with Crippen molar-refractivity contribution < 1.29 is 22.9 Å². The van der Waals surface area contributed by atoms with Crippen LogP contribution >= 0.6 is 0 Å². The van der Waals surface area contributed by atoms with E-state index in [4.69, 9.17) is 9.73 Å². The van der Waals surface area contributed by atoms with Crippen molar-refractivity contribution in [2.45, 2.75) is 24.6 Å². The van der Waals surface area contributed by atoms with Gasteiger partial charge in [0, 0.05) is 36.2 Å². The Morgan fingerprint density at radius 2 is 1.89 bits per heavy atom. The largest absolute Gasteiger partial charge is 0.356 e. The lowest BCUT2D eigenvalue weighted by Crippen LogP contribution is -2.49. The van der Waals surface area contributed by atoms with E-state index in [1.54, 1.807) is 29.3 Å².